The van der Waals surface area contributed by atoms with E-state index in [0.717, 1.165) is 6.92 Å². The molecule has 1 aliphatic heterocycles. The van der Waals surface area contributed by atoms with Crippen molar-refractivity contribution in [1.82, 2.24) is 5.32 Å². The van der Waals surface area contributed by atoms with Crippen molar-refractivity contribution in [2.24, 2.45) is 0 Å². The van der Waals surface area contributed by atoms with Crippen molar-refractivity contribution in [3.05, 3.63) is 51.6 Å². The average Bonchev–Trinajstić information content (AvgIpc) is 3.02. The van der Waals surface area contributed by atoms with E-state index < -0.39 is 131 Å². The minimum Gasteiger partial charge on any atom is -0.507 e. The molecule has 2 aromatic carbocycles. The number of amides is 1. The zero-order valence-corrected chi connectivity index (χ0v) is 24.9. The van der Waals surface area contributed by atoms with E-state index >= 15 is 0 Å². The Labute approximate surface area is 266 Å². The van der Waals surface area contributed by atoms with Crippen LogP contribution >= 0.6 is 0 Å². The number of ether oxygens (including phenoxy) is 3. The van der Waals surface area contributed by atoms with E-state index in [0.29, 0.717) is 0 Å². The number of benzene rings is 2. The number of phenols is 2. The lowest BCUT2D eigenvalue weighted by Gasteiger charge is -2.43. The van der Waals surface area contributed by atoms with Gasteiger partial charge >= 0.3 is 18.0 Å². The fourth-order valence-corrected chi connectivity index (χ4v) is 6.25. The Balaban J connectivity index is 1.58. The average molecular weight is 690 g/mol. The van der Waals surface area contributed by atoms with Crippen LogP contribution in [0.15, 0.2) is 18.2 Å². The van der Waals surface area contributed by atoms with E-state index in [4.69, 9.17) is 14.2 Å². The maximum absolute atomic E-state index is 13.7. The van der Waals surface area contributed by atoms with Crippen LogP contribution in [0.3, 0.4) is 0 Å². The number of methoxy groups -OCH3 is 1. The second-order valence-electron chi connectivity index (χ2n) is 11.6. The zero-order valence-electron chi connectivity index (χ0n) is 24.9. The van der Waals surface area contributed by atoms with Crippen LogP contribution in [0.1, 0.15) is 68.8 Å². The van der Waals surface area contributed by atoms with Crippen molar-refractivity contribution in [2.75, 3.05) is 13.7 Å². The molecule has 1 amide bonds. The Kier molecular flexibility index (Phi) is 8.79. The number of carbonyl (C=O) groups is 4. The Bertz CT molecular complexity index is 1710. The van der Waals surface area contributed by atoms with Gasteiger partial charge in [0.15, 0.2) is 17.9 Å². The second-order valence-corrected chi connectivity index (χ2v) is 11.6. The van der Waals surface area contributed by atoms with Crippen LogP contribution in [0.2, 0.25) is 0 Å². The largest absolute Gasteiger partial charge is 0.507 e. The fraction of sp³-hybridized carbons (Fsp3) is 0.467. The van der Waals surface area contributed by atoms with E-state index in [1.165, 1.54) is 30.6 Å². The molecular weight excluding hydrogens is 661 g/mol. The third-order valence-electron chi connectivity index (χ3n) is 8.72. The van der Waals surface area contributed by atoms with Gasteiger partial charge in [-0.2, -0.15) is 22.0 Å². The number of halogens is 5. The van der Waals surface area contributed by atoms with Gasteiger partial charge in [0.25, 0.3) is 0 Å². The molecule has 2 aromatic rings. The number of aliphatic hydroxyl groups excluding tert-OH is 2. The van der Waals surface area contributed by atoms with Gasteiger partial charge in [-0.15, -0.1) is 0 Å². The second kappa shape index (κ2) is 12.0. The molecule has 5 rings (SSSR count). The SMILES string of the molecule is COc1cccc2c1C(=O)c1c(O)c3c(c(O)c1C2=O)C[C@@](O)(C(=O)CO)C[C@@H]3O[C@H]1C[C@H](NC(=O)C(F)(F)C(F)(F)F)[C@H](O)[C@H](C)O1. The van der Waals surface area contributed by atoms with Crippen LogP contribution in [-0.2, 0) is 25.5 Å². The lowest BCUT2D eigenvalue weighted by Crippen LogP contribution is -2.60. The van der Waals surface area contributed by atoms with E-state index in [1.807, 2.05) is 0 Å². The van der Waals surface area contributed by atoms with Crippen molar-refractivity contribution in [3.63, 3.8) is 0 Å². The highest BCUT2D eigenvalue weighted by atomic mass is 19.4. The van der Waals surface area contributed by atoms with Crippen molar-refractivity contribution in [3.8, 4) is 17.2 Å². The lowest BCUT2D eigenvalue weighted by atomic mass is 9.72. The number of hydrogen-bond acceptors (Lipinski definition) is 12. The molecule has 1 heterocycles. The standard InChI is InChI=1S/C30H28F5NO12/c1-10-22(39)13(36-27(44)29(31,32)30(33,34)35)6-17(47-10)48-15-8-28(45,16(38)9-37)7-12-19(15)26(43)21-20(24(12)41)23(40)11-4-3-5-14(46-2)18(11)25(21)42/h3-5,10,13,15,17,22,37,39,41,43,45H,6-9H2,1-2H3,(H,36,44)/t10-,13-,15-,17-,22+,28-/m0/s1. The topological polar surface area (TPSA) is 209 Å². The smallest absolute Gasteiger partial charge is 0.463 e. The number of carbonyl (C=O) groups excluding carboxylic acids is 4. The molecule has 2 aliphatic carbocycles. The number of aromatic hydroxyl groups is 2. The van der Waals surface area contributed by atoms with Crippen LogP contribution in [0.4, 0.5) is 22.0 Å². The number of ketones is 3. The molecule has 0 aromatic heterocycles. The molecule has 0 unspecified atom stereocenters. The molecule has 0 spiro atoms. The Morgan fingerprint density at radius 3 is 2.31 bits per heavy atom. The van der Waals surface area contributed by atoms with Gasteiger partial charge < -0.3 is 45.1 Å². The number of nitrogens with one attached hydrogen (secondary N) is 1. The number of hydrogen-bond donors (Lipinski definition) is 6. The van der Waals surface area contributed by atoms with Gasteiger partial charge in [-0.25, -0.2) is 0 Å². The molecule has 0 saturated carbocycles. The number of fused-ring (bicyclic) bond motifs is 3. The van der Waals surface area contributed by atoms with Gasteiger partial charge in [0, 0.05) is 36.0 Å². The van der Waals surface area contributed by atoms with Gasteiger partial charge in [0.2, 0.25) is 5.78 Å². The summed E-state index contributed by atoms with van der Waals surface area (Å²) in [4.78, 5) is 51.9. The van der Waals surface area contributed by atoms with Gasteiger partial charge in [-0.3, -0.25) is 19.2 Å². The molecular formula is C30H28F5NO12. The summed E-state index contributed by atoms with van der Waals surface area (Å²) in [5.41, 5.74) is -5.20. The van der Waals surface area contributed by atoms with Crippen LogP contribution in [0.25, 0.3) is 0 Å². The van der Waals surface area contributed by atoms with Crippen molar-refractivity contribution < 1.29 is 80.9 Å². The summed E-state index contributed by atoms with van der Waals surface area (Å²) in [7, 11) is 1.22. The van der Waals surface area contributed by atoms with Crippen LogP contribution < -0.4 is 10.1 Å². The Morgan fingerprint density at radius 2 is 1.71 bits per heavy atom. The Hall–Kier alpha value is -4.23. The van der Waals surface area contributed by atoms with E-state index in [-0.39, 0.29) is 16.9 Å². The van der Waals surface area contributed by atoms with Crippen LogP contribution in [0, 0.1) is 0 Å². The predicted molar refractivity (Wildman–Crippen MR) is 147 cm³/mol. The molecule has 18 heteroatoms. The first-order chi connectivity index (χ1) is 22.3. The highest BCUT2D eigenvalue weighted by molar-refractivity contribution is 6.31. The van der Waals surface area contributed by atoms with E-state index in [9.17, 15) is 66.7 Å². The molecule has 0 radical (unpaired) electrons. The van der Waals surface area contributed by atoms with E-state index in [2.05, 4.69) is 0 Å². The maximum atomic E-state index is 13.7. The molecule has 0 bridgehead atoms. The summed E-state index contributed by atoms with van der Waals surface area (Å²) in [5.74, 6) is -13.6. The predicted octanol–water partition coefficient (Wildman–Crippen LogP) is 1.36. The minimum absolute atomic E-state index is 0.0452. The first-order valence-electron chi connectivity index (χ1n) is 14.3. The number of Topliss-reactive ketones (excluding diaryl/α,β-unsaturated/α-hetero) is 1. The first-order valence-corrected chi connectivity index (χ1v) is 14.3. The zero-order chi connectivity index (χ0) is 35.7. The number of alkyl halides is 5. The summed E-state index contributed by atoms with van der Waals surface area (Å²) in [5, 5.41) is 55.6. The highest BCUT2D eigenvalue weighted by Crippen LogP contribution is 2.52. The maximum Gasteiger partial charge on any atom is 0.463 e. The normalized spacial score (nSPS) is 27.1. The van der Waals surface area contributed by atoms with Crippen molar-refractivity contribution >= 4 is 23.3 Å². The minimum atomic E-state index is -6.26. The molecule has 260 valence electrons. The summed E-state index contributed by atoms with van der Waals surface area (Å²) in [6, 6.07) is 2.21. The van der Waals surface area contributed by atoms with Gasteiger partial charge in [0.05, 0.1) is 42.0 Å². The fourth-order valence-electron chi connectivity index (χ4n) is 6.25. The lowest BCUT2D eigenvalue weighted by molar-refractivity contribution is -0.272. The summed E-state index contributed by atoms with van der Waals surface area (Å²) >= 11 is 0. The van der Waals surface area contributed by atoms with Crippen LogP contribution in [-0.4, -0.2) is 105 Å². The number of aliphatic hydroxyl groups is 3. The molecule has 6 N–H and O–H groups in total. The van der Waals surface area contributed by atoms with Gasteiger partial charge in [0.1, 0.15) is 35.6 Å². The molecule has 13 nitrogen and oxygen atoms in total. The van der Waals surface area contributed by atoms with Crippen LogP contribution in [0.5, 0.6) is 17.2 Å². The third-order valence-corrected chi connectivity index (χ3v) is 8.72. The molecule has 3 aliphatic rings. The Morgan fingerprint density at radius 1 is 1.06 bits per heavy atom. The molecule has 48 heavy (non-hydrogen) atoms. The van der Waals surface area contributed by atoms with Crippen molar-refractivity contribution in [1.29, 1.82) is 0 Å². The van der Waals surface area contributed by atoms with Crippen molar-refractivity contribution in [2.45, 2.75) is 74.5 Å². The van der Waals surface area contributed by atoms with E-state index in [1.54, 1.807) is 0 Å². The number of rotatable bonds is 7. The molecule has 1 fully saturated rings. The molecule has 6 atom stereocenters. The number of phenolic OH excluding ortho intramolecular Hbond substituents is 2. The first kappa shape index (κ1) is 35.1. The van der Waals surface area contributed by atoms with Gasteiger partial charge in [-0.1, -0.05) is 12.1 Å². The summed E-state index contributed by atoms with van der Waals surface area (Å²) < 4.78 is 82.3. The third kappa shape index (κ3) is 5.46. The van der Waals surface area contributed by atoms with Gasteiger partial charge in [-0.05, 0) is 13.0 Å². The quantitative estimate of drug-likeness (QED) is 0.154. The summed E-state index contributed by atoms with van der Waals surface area (Å²) in [6.45, 7) is -0.0536. The summed E-state index contributed by atoms with van der Waals surface area (Å²) in [6.07, 6.45) is -15.3. The highest BCUT2D eigenvalue weighted by Gasteiger charge is 2.64. The monoisotopic (exact) mass is 689 g/mol. The molecule has 1 saturated heterocycles.